The highest BCUT2D eigenvalue weighted by Crippen LogP contribution is 2.31. The van der Waals surface area contributed by atoms with E-state index in [1.165, 1.54) is 11.0 Å². The maximum absolute atomic E-state index is 14.9. The third kappa shape index (κ3) is 5.01. The Morgan fingerprint density at radius 3 is 2.47 bits per heavy atom. The fourth-order valence-corrected chi connectivity index (χ4v) is 4.59. The van der Waals surface area contributed by atoms with Gasteiger partial charge in [-0.3, -0.25) is 9.59 Å². The molecule has 7 nitrogen and oxygen atoms in total. The fourth-order valence-electron chi connectivity index (χ4n) is 4.59. The molecule has 2 aromatic carbocycles. The number of nitrogens with one attached hydrogen (secondary N) is 1. The van der Waals surface area contributed by atoms with Crippen molar-refractivity contribution in [3.63, 3.8) is 0 Å². The summed E-state index contributed by atoms with van der Waals surface area (Å²) in [5.41, 5.74) is 0.623. The smallest absolute Gasteiger partial charge is 0.243 e. The number of alkyl halides is 1. The molecule has 36 heavy (non-hydrogen) atoms. The molecule has 4 rings (SSSR count). The van der Waals surface area contributed by atoms with Gasteiger partial charge in [-0.15, -0.1) is 10.2 Å². The molecule has 2 amide bonds. The number of carbonyl (C=O) groups is 2. The number of nitrogens with zero attached hydrogens (tertiary/aromatic N) is 3. The Bertz CT molecular complexity index is 1220. The Kier molecular flexibility index (Phi) is 7.19. The summed E-state index contributed by atoms with van der Waals surface area (Å²) < 4.78 is 34.6. The van der Waals surface area contributed by atoms with Gasteiger partial charge in [0.25, 0.3) is 0 Å². The summed E-state index contributed by atoms with van der Waals surface area (Å²) in [6.07, 6.45) is -0.384. The largest absolute Gasteiger partial charge is 0.427 e. The number of hydrogen-bond donors (Lipinski definition) is 1. The zero-order valence-electron chi connectivity index (χ0n) is 20.7. The Morgan fingerprint density at radius 2 is 1.86 bits per heavy atom. The molecule has 1 saturated heterocycles. The molecule has 1 N–H and O–H groups in total. The fraction of sp³-hybridized carbons (Fsp3) is 0.407. The van der Waals surface area contributed by atoms with Crippen molar-refractivity contribution in [3.05, 3.63) is 83.3 Å². The van der Waals surface area contributed by atoms with E-state index < -0.39 is 35.5 Å². The molecule has 0 bridgehead atoms. The third-order valence-electron chi connectivity index (χ3n) is 6.64. The molecular formula is C27H30F2N4O3. The Morgan fingerprint density at radius 1 is 1.14 bits per heavy atom. The molecule has 3 atom stereocenters. The first-order valence-corrected chi connectivity index (χ1v) is 12.0. The summed E-state index contributed by atoms with van der Waals surface area (Å²) in [6.45, 7) is 6.78. The molecule has 2 heterocycles. The van der Waals surface area contributed by atoms with Crippen LogP contribution in [-0.2, 0) is 15.0 Å². The van der Waals surface area contributed by atoms with Crippen molar-refractivity contribution in [2.45, 2.75) is 63.7 Å². The first-order chi connectivity index (χ1) is 17.1. The van der Waals surface area contributed by atoms with Crippen LogP contribution in [0.4, 0.5) is 8.78 Å². The van der Waals surface area contributed by atoms with E-state index >= 15 is 0 Å². The van der Waals surface area contributed by atoms with E-state index in [-0.39, 0.29) is 30.6 Å². The van der Waals surface area contributed by atoms with Gasteiger partial charge in [-0.05, 0) is 42.5 Å². The minimum atomic E-state index is -1.36. The molecule has 9 heteroatoms. The van der Waals surface area contributed by atoms with Crippen LogP contribution in [0.1, 0.15) is 68.7 Å². The van der Waals surface area contributed by atoms with Crippen molar-refractivity contribution in [3.8, 4) is 0 Å². The van der Waals surface area contributed by atoms with Crippen molar-refractivity contribution in [2.75, 3.05) is 6.54 Å². The van der Waals surface area contributed by atoms with Crippen molar-refractivity contribution >= 4 is 11.8 Å². The Labute approximate surface area is 208 Å². The SMILES string of the molecule is CC(C)c1ccc(C(NC(=O)C2CC(F)CN2C(=O)C(C)(C)c2nnco2)c2ccccc2)cc1F. The predicted octanol–water partition coefficient (Wildman–Crippen LogP) is 4.45. The van der Waals surface area contributed by atoms with Gasteiger partial charge < -0.3 is 14.6 Å². The number of amides is 2. The van der Waals surface area contributed by atoms with Crippen molar-refractivity contribution in [2.24, 2.45) is 0 Å². The minimum Gasteiger partial charge on any atom is -0.427 e. The summed E-state index contributed by atoms with van der Waals surface area (Å²) in [6, 6.07) is 12.3. The maximum Gasteiger partial charge on any atom is 0.243 e. The van der Waals surface area contributed by atoms with Gasteiger partial charge in [0.05, 0.1) is 12.6 Å². The van der Waals surface area contributed by atoms with E-state index in [0.717, 1.165) is 12.0 Å². The summed E-state index contributed by atoms with van der Waals surface area (Å²) >= 11 is 0. The van der Waals surface area contributed by atoms with Crippen LogP contribution in [0.15, 0.2) is 59.3 Å². The average molecular weight is 497 g/mol. The van der Waals surface area contributed by atoms with Crippen LogP contribution in [-0.4, -0.2) is 45.7 Å². The lowest BCUT2D eigenvalue weighted by Gasteiger charge is -2.31. The van der Waals surface area contributed by atoms with E-state index in [2.05, 4.69) is 15.5 Å². The first-order valence-electron chi connectivity index (χ1n) is 12.0. The number of aromatic nitrogens is 2. The number of likely N-dealkylation sites (tertiary alicyclic amines) is 1. The second-order valence-electron chi connectivity index (χ2n) is 9.96. The summed E-state index contributed by atoms with van der Waals surface area (Å²) in [4.78, 5) is 28.1. The zero-order chi connectivity index (χ0) is 26.0. The average Bonchev–Trinajstić information content (AvgIpc) is 3.53. The topological polar surface area (TPSA) is 88.3 Å². The summed E-state index contributed by atoms with van der Waals surface area (Å²) in [5.74, 6) is -1.29. The van der Waals surface area contributed by atoms with E-state index in [9.17, 15) is 18.4 Å². The van der Waals surface area contributed by atoms with Crippen molar-refractivity contribution in [1.29, 1.82) is 0 Å². The van der Waals surface area contributed by atoms with Gasteiger partial charge in [-0.2, -0.15) is 0 Å². The molecule has 0 saturated carbocycles. The van der Waals surface area contributed by atoms with Crippen molar-refractivity contribution < 1.29 is 22.8 Å². The zero-order valence-corrected chi connectivity index (χ0v) is 20.7. The van der Waals surface area contributed by atoms with Gasteiger partial charge in [-0.1, -0.05) is 56.3 Å². The number of halogens is 2. The molecule has 1 aromatic heterocycles. The number of carbonyl (C=O) groups excluding carboxylic acids is 2. The maximum atomic E-state index is 14.9. The monoisotopic (exact) mass is 496 g/mol. The second kappa shape index (κ2) is 10.2. The Balaban J connectivity index is 1.63. The Hall–Kier alpha value is -3.62. The van der Waals surface area contributed by atoms with Crippen LogP contribution >= 0.6 is 0 Å². The van der Waals surface area contributed by atoms with Gasteiger partial charge in [0, 0.05) is 6.42 Å². The molecule has 3 aromatic rings. The lowest BCUT2D eigenvalue weighted by molar-refractivity contribution is -0.143. The van der Waals surface area contributed by atoms with Gasteiger partial charge in [-0.25, -0.2) is 8.78 Å². The van der Waals surface area contributed by atoms with Crippen LogP contribution in [0.3, 0.4) is 0 Å². The van der Waals surface area contributed by atoms with Gasteiger partial charge in [0.1, 0.15) is 23.4 Å². The molecule has 190 valence electrons. The number of benzene rings is 2. The number of hydrogen-bond acceptors (Lipinski definition) is 5. The summed E-state index contributed by atoms with van der Waals surface area (Å²) in [5, 5.41) is 10.4. The van der Waals surface area contributed by atoms with E-state index in [1.54, 1.807) is 26.0 Å². The third-order valence-corrected chi connectivity index (χ3v) is 6.64. The van der Waals surface area contributed by atoms with Crippen LogP contribution in [0, 0.1) is 5.82 Å². The normalized spacial score (nSPS) is 18.9. The molecule has 0 spiro atoms. The highest BCUT2D eigenvalue weighted by atomic mass is 19.1. The molecule has 0 radical (unpaired) electrons. The summed E-state index contributed by atoms with van der Waals surface area (Å²) in [7, 11) is 0. The first kappa shape index (κ1) is 25.5. The lowest BCUT2D eigenvalue weighted by atomic mass is 9.91. The quantitative estimate of drug-likeness (QED) is 0.522. The predicted molar refractivity (Wildman–Crippen MR) is 129 cm³/mol. The highest BCUT2D eigenvalue weighted by molar-refractivity contribution is 5.93. The lowest BCUT2D eigenvalue weighted by Crippen LogP contribution is -2.51. The van der Waals surface area contributed by atoms with Gasteiger partial charge in [0.15, 0.2) is 0 Å². The van der Waals surface area contributed by atoms with E-state index in [0.29, 0.717) is 11.1 Å². The van der Waals surface area contributed by atoms with Gasteiger partial charge in [0.2, 0.25) is 24.1 Å². The van der Waals surface area contributed by atoms with E-state index in [1.807, 2.05) is 44.2 Å². The van der Waals surface area contributed by atoms with Crippen LogP contribution in [0.2, 0.25) is 0 Å². The molecule has 3 unspecified atom stereocenters. The van der Waals surface area contributed by atoms with Crippen molar-refractivity contribution in [1.82, 2.24) is 20.4 Å². The standard InChI is InChI=1S/C27H30F2N4O3/c1-16(2)20-11-10-18(12-21(20)29)23(17-8-6-5-7-9-17)31-24(34)22-13-19(28)14-33(22)26(35)27(3,4)25-32-30-15-36-25/h5-12,15-16,19,22-23H,13-14H2,1-4H3,(H,31,34). The molecule has 1 aliphatic rings. The second-order valence-corrected chi connectivity index (χ2v) is 9.96. The van der Waals surface area contributed by atoms with E-state index in [4.69, 9.17) is 4.42 Å². The van der Waals surface area contributed by atoms with Gasteiger partial charge >= 0.3 is 0 Å². The molecule has 1 fully saturated rings. The van der Waals surface area contributed by atoms with Crippen LogP contribution < -0.4 is 5.32 Å². The minimum absolute atomic E-state index is 0.00516. The molecule has 1 aliphatic heterocycles. The highest BCUT2D eigenvalue weighted by Gasteiger charge is 2.47. The number of rotatable bonds is 7. The van der Waals surface area contributed by atoms with Crippen LogP contribution in [0.5, 0.6) is 0 Å². The molecule has 0 aliphatic carbocycles. The van der Waals surface area contributed by atoms with Crippen LogP contribution in [0.25, 0.3) is 0 Å². The molecular weight excluding hydrogens is 466 g/mol.